The Labute approximate surface area is 177 Å². The summed E-state index contributed by atoms with van der Waals surface area (Å²) >= 11 is 0. The van der Waals surface area contributed by atoms with Crippen molar-refractivity contribution in [3.63, 3.8) is 0 Å². The largest absolute Gasteiger partial charge is 0.491 e. The Hall–Kier alpha value is -2.73. The van der Waals surface area contributed by atoms with E-state index in [4.69, 9.17) is 14.2 Å². The summed E-state index contributed by atoms with van der Waals surface area (Å²) in [6, 6.07) is 11.9. The molecular weight excluding hydrogens is 380 g/mol. The number of amides is 1. The molecule has 158 valence electrons. The number of nitrogens with zero attached hydrogens (tertiary/aromatic N) is 1. The number of carbonyl (C=O) groups excluding carboxylic acids is 1. The van der Waals surface area contributed by atoms with Crippen molar-refractivity contribution in [3.05, 3.63) is 47.5 Å². The highest BCUT2D eigenvalue weighted by atomic mass is 16.7. The Morgan fingerprint density at radius 1 is 1.03 bits per heavy atom. The number of benzene rings is 2. The highest BCUT2D eigenvalue weighted by molar-refractivity contribution is 6.11. The first-order valence-electron chi connectivity index (χ1n) is 10.8. The number of hydrogen-bond acceptors (Lipinski definition) is 5. The summed E-state index contributed by atoms with van der Waals surface area (Å²) in [4.78, 5) is 15.7. The third-order valence-electron chi connectivity index (χ3n) is 6.28. The van der Waals surface area contributed by atoms with Crippen molar-refractivity contribution in [2.24, 2.45) is 5.92 Å². The first-order valence-corrected chi connectivity index (χ1v) is 10.8. The molecule has 6 heteroatoms. The lowest BCUT2D eigenvalue weighted by atomic mass is 9.77. The van der Waals surface area contributed by atoms with E-state index in [1.165, 1.54) is 6.42 Å². The molecule has 2 aromatic rings. The minimum absolute atomic E-state index is 0.0866. The van der Waals surface area contributed by atoms with Crippen LogP contribution >= 0.6 is 0 Å². The van der Waals surface area contributed by atoms with Crippen molar-refractivity contribution in [2.45, 2.75) is 32.1 Å². The molecule has 30 heavy (non-hydrogen) atoms. The SMILES string of the molecule is CC(C)CCNCCCN1C(=O)C2(COc3cc4c(cc32)OCO4)c2ccccc21. The van der Waals surface area contributed by atoms with Gasteiger partial charge in [0.1, 0.15) is 17.8 Å². The molecule has 3 heterocycles. The molecule has 3 aliphatic rings. The summed E-state index contributed by atoms with van der Waals surface area (Å²) in [6.07, 6.45) is 2.07. The number of carbonyl (C=O) groups is 1. The van der Waals surface area contributed by atoms with Crippen LogP contribution in [0.1, 0.15) is 37.8 Å². The molecule has 0 fully saturated rings. The summed E-state index contributed by atoms with van der Waals surface area (Å²) in [5, 5.41) is 3.49. The molecule has 0 aromatic heterocycles. The van der Waals surface area contributed by atoms with E-state index in [1.54, 1.807) is 0 Å². The van der Waals surface area contributed by atoms with Gasteiger partial charge in [-0.15, -0.1) is 0 Å². The Bertz CT molecular complexity index is 974. The maximum absolute atomic E-state index is 13.8. The van der Waals surface area contributed by atoms with Crippen LogP contribution in [0.2, 0.25) is 0 Å². The zero-order valence-electron chi connectivity index (χ0n) is 17.6. The molecule has 0 saturated carbocycles. The second kappa shape index (κ2) is 7.51. The Balaban J connectivity index is 1.40. The van der Waals surface area contributed by atoms with Crippen LogP contribution in [0.5, 0.6) is 17.2 Å². The minimum atomic E-state index is -0.808. The van der Waals surface area contributed by atoms with Crippen molar-refractivity contribution in [1.82, 2.24) is 5.32 Å². The molecule has 0 aliphatic carbocycles. The van der Waals surface area contributed by atoms with Gasteiger partial charge in [-0.3, -0.25) is 4.79 Å². The molecule has 1 atom stereocenters. The molecule has 5 rings (SSSR count). The monoisotopic (exact) mass is 408 g/mol. The van der Waals surface area contributed by atoms with Crippen LogP contribution in [0.4, 0.5) is 5.69 Å². The van der Waals surface area contributed by atoms with Gasteiger partial charge in [0.25, 0.3) is 0 Å². The standard InChI is InChI=1S/C24H28N2O4/c1-16(2)8-10-25-9-5-11-26-19-7-4-3-6-17(19)24(23(26)27)14-28-20-13-22-21(12-18(20)24)29-15-30-22/h3-4,6-7,12-13,16,25H,5,8-11,14-15H2,1-2H3. The summed E-state index contributed by atoms with van der Waals surface area (Å²) in [5.74, 6) is 2.84. The van der Waals surface area contributed by atoms with Gasteiger partial charge in [-0.1, -0.05) is 32.0 Å². The van der Waals surface area contributed by atoms with E-state index in [9.17, 15) is 4.79 Å². The van der Waals surface area contributed by atoms with Crippen LogP contribution in [0.3, 0.4) is 0 Å². The first-order chi connectivity index (χ1) is 14.6. The highest BCUT2D eigenvalue weighted by Crippen LogP contribution is 2.54. The maximum atomic E-state index is 13.8. The van der Waals surface area contributed by atoms with Gasteiger partial charge in [0.15, 0.2) is 11.5 Å². The third kappa shape index (κ3) is 2.93. The fourth-order valence-electron chi connectivity index (χ4n) is 4.66. The van der Waals surface area contributed by atoms with Crippen molar-refractivity contribution in [1.29, 1.82) is 0 Å². The molecule has 0 saturated heterocycles. The topological polar surface area (TPSA) is 60.0 Å². The molecule has 0 radical (unpaired) electrons. The van der Waals surface area contributed by atoms with Gasteiger partial charge in [0.05, 0.1) is 0 Å². The average Bonchev–Trinajstić information content (AvgIpc) is 3.41. The first kappa shape index (κ1) is 19.2. The van der Waals surface area contributed by atoms with Gasteiger partial charge in [0.2, 0.25) is 12.7 Å². The zero-order valence-corrected chi connectivity index (χ0v) is 17.6. The van der Waals surface area contributed by atoms with E-state index in [2.05, 4.69) is 25.2 Å². The van der Waals surface area contributed by atoms with Gasteiger partial charge in [-0.25, -0.2) is 0 Å². The summed E-state index contributed by atoms with van der Waals surface area (Å²) < 4.78 is 17.1. The maximum Gasteiger partial charge on any atom is 0.245 e. The number of anilines is 1. The Kier molecular flexibility index (Phi) is 4.82. The van der Waals surface area contributed by atoms with Crippen LogP contribution in [-0.4, -0.2) is 38.9 Å². The average molecular weight is 408 g/mol. The lowest BCUT2D eigenvalue weighted by Crippen LogP contribution is -2.43. The van der Waals surface area contributed by atoms with Crippen LogP contribution in [0.25, 0.3) is 0 Å². The number of para-hydroxylation sites is 1. The molecule has 3 aliphatic heterocycles. The predicted octanol–water partition coefficient (Wildman–Crippen LogP) is 3.47. The second-order valence-electron chi connectivity index (χ2n) is 8.66. The van der Waals surface area contributed by atoms with Crippen molar-refractivity contribution < 1.29 is 19.0 Å². The van der Waals surface area contributed by atoms with E-state index in [0.717, 1.165) is 36.3 Å². The third-order valence-corrected chi connectivity index (χ3v) is 6.28. The van der Waals surface area contributed by atoms with Gasteiger partial charge in [-0.2, -0.15) is 0 Å². The zero-order chi connectivity index (χ0) is 20.7. The van der Waals surface area contributed by atoms with Crippen molar-refractivity contribution in [3.8, 4) is 17.2 Å². The normalized spacial score (nSPS) is 20.8. The van der Waals surface area contributed by atoms with E-state index in [1.807, 2.05) is 35.2 Å². The number of nitrogens with one attached hydrogen (secondary N) is 1. The van der Waals surface area contributed by atoms with Crippen LogP contribution in [0.15, 0.2) is 36.4 Å². The molecule has 6 nitrogen and oxygen atoms in total. The van der Waals surface area contributed by atoms with Gasteiger partial charge >= 0.3 is 0 Å². The smallest absolute Gasteiger partial charge is 0.245 e. The fraction of sp³-hybridized carbons (Fsp3) is 0.458. The van der Waals surface area contributed by atoms with Crippen molar-refractivity contribution >= 4 is 11.6 Å². The van der Waals surface area contributed by atoms with E-state index >= 15 is 0 Å². The van der Waals surface area contributed by atoms with Crippen LogP contribution < -0.4 is 24.4 Å². The van der Waals surface area contributed by atoms with Crippen LogP contribution in [0, 0.1) is 5.92 Å². The molecule has 1 N–H and O–H groups in total. The quantitative estimate of drug-likeness (QED) is 0.711. The van der Waals surface area contributed by atoms with Gasteiger partial charge < -0.3 is 24.4 Å². The van der Waals surface area contributed by atoms with Gasteiger partial charge in [0, 0.05) is 23.9 Å². The van der Waals surface area contributed by atoms with Crippen molar-refractivity contribution in [2.75, 3.05) is 37.9 Å². The highest BCUT2D eigenvalue weighted by Gasteiger charge is 2.57. The number of hydrogen-bond donors (Lipinski definition) is 1. The summed E-state index contributed by atoms with van der Waals surface area (Å²) in [7, 11) is 0. The lowest BCUT2D eigenvalue weighted by molar-refractivity contribution is -0.122. The van der Waals surface area contributed by atoms with Crippen LogP contribution in [-0.2, 0) is 10.2 Å². The molecule has 1 spiro atoms. The Morgan fingerprint density at radius 3 is 2.67 bits per heavy atom. The second-order valence-corrected chi connectivity index (χ2v) is 8.66. The lowest BCUT2D eigenvalue weighted by Gasteiger charge is -2.23. The molecular formula is C24H28N2O4. The summed E-state index contributed by atoms with van der Waals surface area (Å²) in [5.41, 5.74) is 2.07. The fourth-order valence-corrected chi connectivity index (χ4v) is 4.66. The molecule has 2 aromatic carbocycles. The number of ether oxygens (including phenoxy) is 3. The minimum Gasteiger partial charge on any atom is -0.491 e. The predicted molar refractivity (Wildman–Crippen MR) is 115 cm³/mol. The van der Waals surface area contributed by atoms with E-state index in [-0.39, 0.29) is 12.7 Å². The molecule has 0 bridgehead atoms. The number of rotatable bonds is 7. The molecule has 1 amide bonds. The molecule has 1 unspecified atom stereocenters. The van der Waals surface area contributed by atoms with E-state index in [0.29, 0.717) is 36.3 Å². The summed E-state index contributed by atoms with van der Waals surface area (Å²) in [6.45, 7) is 7.57. The number of fused-ring (bicyclic) bond motifs is 5. The Morgan fingerprint density at radius 2 is 1.83 bits per heavy atom. The van der Waals surface area contributed by atoms with Gasteiger partial charge in [-0.05, 0) is 49.5 Å². The van der Waals surface area contributed by atoms with E-state index < -0.39 is 5.41 Å².